The van der Waals surface area contributed by atoms with Crippen molar-refractivity contribution in [2.75, 3.05) is 6.61 Å². The van der Waals surface area contributed by atoms with Crippen molar-refractivity contribution < 1.29 is 19.7 Å². The van der Waals surface area contributed by atoms with Gasteiger partial charge >= 0.3 is 5.97 Å². The molecule has 0 aliphatic carbocycles. The fourth-order valence-corrected chi connectivity index (χ4v) is 0.544. The molecule has 0 heterocycles. The molecule has 0 unspecified atom stereocenters. The molecule has 0 atom stereocenters. The molecule has 0 aromatic rings. The fourth-order valence-electron chi connectivity index (χ4n) is 0.442. The van der Waals surface area contributed by atoms with Crippen LogP contribution in [0.2, 0.25) is 0 Å². The van der Waals surface area contributed by atoms with Crippen LogP contribution < -0.4 is 0 Å². The summed E-state index contributed by atoms with van der Waals surface area (Å²) in [5, 5.41) is 16.1. The van der Waals surface area contributed by atoms with Gasteiger partial charge in [0.2, 0.25) is 0 Å². The summed E-state index contributed by atoms with van der Waals surface area (Å²) < 4.78 is 4.58. The van der Waals surface area contributed by atoms with E-state index in [9.17, 15) is 4.79 Å². The van der Waals surface area contributed by atoms with Gasteiger partial charge in [0.1, 0.15) is 0 Å². The first-order valence-corrected chi connectivity index (χ1v) is 4.78. The minimum atomic E-state index is -0.320. The molecule has 82 valence electrons. The summed E-state index contributed by atoms with van der Waals surface area (Å²) in [6.45, 7) is 3.56. The summed E-state index contributed by atoms with van der Waals surface area (Å²) in [6.07, 6.45) is 0.386. The maximum atomic E-state index is 10.6. The van der Waals surface area contributed by atoms with Crippen molar-refractivity contribution in [2.45, 2.75) is 26.7 Å². The number of thiocarbonyl (C=S) groups is 2. The van der Waals surface area contributed by atoms with Crippen LogP contribution in [0, 0.1) is 0 Å². The molecule has 14 heavy (non-hydrogen) atoms. The minimum absolute atomic E-state index is 0.000000000000000222. The lowest BCUT2D eigenvalue weighted by atomic mass is 10.3. The second-order valence-electron chi connectivity index (χ2n) is 2.22. The van der Waals surface area contributed by atoms with Crippen molar-refractivity contribution in [1.82, 2.24) is 0 Å². The van der Waals surface area contributed by atoms with Gasteiger partial charge in [-0.3, -0.25) is 4.79 Å². The molecule has 6 heteroatoms. The van der Waals surface area contributed by atoms with E-state index in [0.29, 0.717) is 6.61 Å². The molecule has 0 fully saturated rings. The SMILES string of the molecule is CC(O)=S.CCOC(=O)CCC(O)=S. The molecule has 0 aliphatic rings. The summed E-state index contributed by atoms with van der Waals surface area (Å²) in [5.41, 5.74) is 0. The number of esters is 1. The van der Waals surface area contributed by atoms with Crippen molar-refractivity contribution in [3.63, 3.8) is 0 Å². The lowest BCUT2D eigenvalue weighted by Crippen LogP contribution is -2.05. The number of rotatable bonds is 4. The number of ether oxygens (including phenoxy) is 1. The third-order valence-electron chi connectivity index (χ3n) is 0.848. The Labute approximate surface area is 93.9 Å². The lowest BCUT2D eigenvalue weighted by Gasteiger charge is -1.98. The van der Waals surface area contributed by atoms with Crippen molar-refractivity contribution >= 4 is 40.5 Å². The predicted molar refractivity (Wildman–Crippen MR) is 62.0 cm³/mol. The van der Waals surface area contributed by atoms with Crippen LogP contribution in [0.5, 0.6) is 0 Å². The van der Waals surface area contributed by atoms with Gasteiger partial charge < -0.3 is 14.9 Å². The van der Waals surface area contributed by atoms with E-state index < -0.39 is 0 Å². The highest BCUT2D eigenvalue weighted by Gasteiger charge is 2.01. The third kappa shape index (κ3) is 22.5. The lowest BCUT2D eigenvalue weighted by molar-refractivity contribution is -0.142. The average molecular weight is 238 g/mol. The molecule has 0 aromatic carbocycles. The van der Waals surface area contributed by atoms with Crippen LogP contribution in [0.1, 0.15) is 26.7 Å². The monoisotopic (exact) mass is 238 g/mol. The molecule has 0 aromatic heterocycles. The normalized spacial score (nSPS) is 8.14. The Morgan fingerprint density at radius 1 is 1.29 bits per heavy atom. The number of hydrogen-bond donors (Lipinski definition) is 2. The summed E-state index contributed by atoms with van der Waals surface area (Å²) in [7, 11) is 0. The summed E-state index contributed by atoms with van der Waals surface area (Å²) in [5.74, 6) is -0.320. The third-order valence-corrected chi connectivity index (χ3v) is 1.05. The number of carbonyl (C=O) groups excluding carboxylic acids is 1. The van der Waals surface area contributed by atoms with E-state index in [-0.39, 0.29) is 28.9 Å². The largest absolute Gasteiger partial charge is 0.502 e. The van der Waals surface area contributed by atoms with Crippen LogP contribution in [0.25, 0.3) is 0 Å². The first-order valence-electron chi connectivity index (χ1n) is 3.97. The van der Waals surface area contributed by atoms with Gasteiger partial charge in [-0.25, -0.2) is 0 Å². The van der Waals surface area contributed by atoms with Crippen molar-refractivity contribution in [2.24, 2.45) is 0 Å². The van der Waals surface area contributed by atoms with E-state index in [1.54, 1.807) is 6.92 Å². The smallest absolute Gasteiger partial charge is 0.306 e. The number of aliphatic hydroxyl groups excluding tert-OH is 2. The Morgan fingerprint density at radius 2 is 1.71 bits per heavy atom. The molecule has 0 amide bonds. The molecule has 0 bridgehead atoms. The summed E-state index contributed by atoms with van der Waals surface area (Å²) >= 11 is 8.44. The van der Waals surface area contributed by atoms with Gasteiger partial charge in [-0.2, -0.15) is 0 Å². The van der Waals surface area contributed by atoms with Gasteiger partial charge in [0, 0.05) is 13.3 Å². The molecule has 0 saturated carbocycles. The Morgan fingerprint density at radius 3 is 2.00 bits per heavy atom. The van der Waals surface area contributed by atoms with Crippen LogP contribution in [0.3, 0.4) is 0 Å². The topological polar surface area (TPSA) is 66.8 Å². The first kappa shape index (κ1) is 15.7. The summed E-state index contributed by atoms with van der Waals surface area (Å²) in [6, 6.07) is 0. The van der Waals surface area contributed by atoms with Crippen LogP contribution in [0.15, 0.2) is 0 Å². The second-order valence-corrected chi connectivity index (χ2v) is 3.28. The van der Waals surface area contributed by atoms with Gasteiger partial charge in [0.05, 0.1) is 13.0 Å². The Hall–Kier alpha value is -0.750. The zero-order valence-electron chi connectivity index (χ0n) is 8.15. The van der Waals surface area contributed by atoms with Crippen LogP contribution in [-0.2, 0) is 9.53 Å². The molecule has 4 nitrogen and oxygen atoms in total. The van der Waals surface area contributed by atoms with E-state index >= 15 is 0 Å². The molecule has 0 rings (SSSR count). The van der Waals surface area contributed by atoms with Crippen LogP contribution in [-0.4, -0.2) is 32.9 Å². The first-order chi connectivity index (χ1) is 6.40. The van der Waals surface area contributed by atoms with Crippen LogP contribution >= 0.6 is 24.4 Å². The fraction of sp³-hybridized carbons (Fsp3) is 0.625. The van der Waals surface area contributed by atoms with Crippen molar-refractivity contribution in [3.8, 4) is 0 Å². The van der Waals surface area contributed by atoms with E-state index in [4.69, 9.17) is 10.2 Å². The minimum Gasteiger partial charge on any atom is -0.502 e. The predicted octanol–water partition coefficient (Wildman–Crippen LogP) is 2.11. The Bertz CT molecular complexity index is 200. The molecular formula is C8H14O4S2. The highest BCUT2D eigenvalue weighted by atomic mass is 32.1. The van der Waals surface area contributed by atoms with Gasteiger partial charge in [0.25, 0.3) is 0 Å². The maximum absolute atomic E-state index is 10.6. The average Bonchev–Trinajstić information content (AvgIpc) is 2.00. The van der Waals surface area contributed by atoms with Gasteiger partial charge in [-0.05, 0) is 31.4 Å². The Balaban J connectivity index is 0. The zero-order valence-corrected chi connectivity index (χ0v) is 9.78. The molecule has 0 aliphatic heterocycles. The van der Waals surface area contributed by atoms with Crippen molar-refractivity contribution in [3.05, 3.63) is 0 Å². The van der Waals surface area contributed by atoms with Crippen LogP contribution in [0.4, 0.5) is 0 Å². The quantitative estimate of drug-likeness (QED) is 0.577. The maximum Gasteiger partial charge on any atom is 0.306 e. The highest BCUT2D eigenvalue weighted by Crippen LogP contribution is 1.93. The van der Waals surface area contributed by atoms with Gasteiger partial charge in [-0.15, -0.1) is 0 Å². The molecule has 0 spiro atoms. The summed E-state index contributed by atoms with van der Waals surface area (Å²) in [4.78, 5) is 10.6. The van der Waals surface area contributed by atoms with E-state index in [0.717, 1.165) is 0 Å². The Kier molecular flexibility index (Phi) is 11.6. The number of carbonyl (C=O) groups is 1. The zero-order chi connectivity index (χ0) is 11.6. The van der Waals surface area contributed by atoms with E-state index in [1.165, 1.54) is 6.92 Å². The van der Waals surface area contributed by atoms with Crippen molar-refractivity contribution in [1.29, 1.82) is 0 Å². The number of hydrogen-bond acceptors (Lipinski definition) is 4. The van der Waals surface area contributed by atoms with E-state index in [1.807, 2.05) is 0 Å². The second kappa shape index (κ2) is 10.3. The van der Waals surface area contributed by atoms with Gasteiger partial charge in [0.15, 0.2) is 10.1 Å². The molecule has 0 saturated heterocycles. The standard InChI is InChI=1S/C6H10O3S.C2H4OS/c1-2-9-5(7)3-4-6(8)10;1-2(3)4/h2-4H2,1H3,(H,8,10);1H3,(H,3,4). The van der Waals surface area contributed by atoms with Gasteiger partial charge in [-0.1, -0.05) is 0 Å². The van der Waals surface area contributed by atoms with E-state index in [2.05, 4.69) is 29.2 Å². The highest BCUT2D eigenvalue weighted by molar-refractivity contribution is 7.80. The molecule has 2 N–H and O–H groups in total. The molecule has 0 radical (unpaired) electrons. The number of aliphatic hydroxyl groups is 2. The molecular weight excluding hydrogens is 224 g/mol.